The van der Waals surface area contributed by atoms with Crippen LogP contribution in [0.5, 0.6) is 5.75 Å². The lowest BCUT2D eigenvalue weighted by Crippen LogP contribution is -2.32. The molecule has 1 aromatic rings. The molecule has 0 atom stereocenters. The highest BCUT2D eigenvalue weighted by Crippen LogP contribution is 2.11. The van der Waals surface area contributed by atoms with E-state index >= 15 is 0 Å². The number of benzene rings is 1. The Morgan fingerprint density at radius 2 is 1.70 bits per heavy atom. The number of nitrogens with one attached hydrogen (secondary N) is 1. The molecule has 0 aliphatic rings. The van der Waals surface area contributed by atoms with Crippen molar-refractivity contribution < 1.29 is 14.3 Å². The zero-order valence-corrected chi connectivity index (χ0v) is 14.4. The normalized spacial score (nSPS) is 11.2. The molecule has 0 spiro atoms. The fourth-order valence-corrected chi connectivity index (χ4v) is 2.14. The first-order valence-corrected chi connectivity index (χ1v) is 8.25. The van der Waals surface area contributed by atoms with Crippen LogP contribution in [0, 0.1) is 0 Å². The van der Waals surface area contributed by atoms with Gasteiger partial charge in [0.2, 0.25) is 0 Å². The van der Waals surface area contributed by atoms with Gasteiger partial charge in [0.25, 0.3) is 11.9 Å². The number of ether oxygens (including phenoxy) is 2. The molecule has 0 bridgehead atoms. The smallest absolute Gasteiger partial charge is 0.291 e. The molecule has 1 N–H and O–H groups in total. The van der Waals surface area contributed by atoms with Gasteiger partial charge in [-0.25, -0.2) is 4.99 Å². The first-order valence-electron chi connectivity index (χ1n) is 8.25. The van der Waals surface area contributed by atoms with Gasteiger partial charge in [0, 0.05) is 12.1 Å². The Balaban J connectivity index is 2.38. The second-order valence-corrected chi connectivity index (χ2v) is 5.34. The Hall–Kier alpha value is -2.04. The largest absolute Gasteiger partial charge is 0.497 e. The highest BCUT2D eigenvalue weighted by molar-refractivity contribution is 6.04. The number of rotatable bonds is 9. The summed E-state index contributed by atoms with van der Waals surface area (Å²) in [5.74, 6) is 0.474. The van der Waals surface area contributed by atoms with Crippen molar-refractivity contribution in [1.29, 1.82) is 0 Å². The molecular formula is C18H28N2O3. The van der Waals surface area contributed by atoms with Gasteiger partial charge in [-0.05, 0) is 30.7 Å². The standard InChI is InChI=1S/C18H28N2O3/c1-4-5-6-7-8-9-14-19-18(23-3)20-17(21)15-10-12-16(22-2)13-11-15/h10-13H,4-9,14H2,1-3H3,(H,19,20,21). The number of methoxy groups -OCH3 is 2. The highest BCUT2D eigenvalue weighted by Gasteiger charge is 2.09. The van der Waals surface area contributed by atoms with E-state index in [1.54, 1.807) is 31.4 Å². The number of unbranched alkanes of at least 4 members (excludes halogenated alkanes) is 5. The van der Waals surface area contributed by atoms with E-state index in [1.165, 1.54) is 32.8 Å². The summed E-state index contributed by atoms with van der Waals surface area (Å²) in [5, 5.41) is 2.68. The first kappa shape index (κ1) is 19.0. The summed E-state index contributed by atoms with van der Waals surface area (Å²) in [4.78, 5) is 16.4. The summed E-state index contributed by atoms with van der Waals surface area (Å²) in [6, 6.07) is 7.16. The van der Waals surface area contributed by atoms with Gasteiger partial charge in [0.15, 0.2) is 0 Å². The molecule has 128 valence electrons. The van der Waals surface area contributed by atoms with E-state index in [0.717, 1.165) is 12.8 Å². The van der Waals surface area contributed by atoms with Crippen molar-refractivity contribution >= 4 is 11.9 Å². The number of hydrogen-bond acceptors (Lipinski definition) is 4. The fourth-order valence-electron chi connectivity index (χ4n) is 2.14. The van der Waals surface area contributed by atoms with Crippen molar-refractivity contribution in [1.82, 2.24) is 5.32 Å². The molecule has 0 fully saturated rings. The zero-order valence-electron chi connectivity index (χ0n) is 14.4. The van der Waals surface area contributed by atoms with E-state index in [1.807, 2.05) is 0 Å². The molecule has 0 aromatic heterocycles. The molecule has 1 amide bonds. The van der Waals surface area contributed by atoms with Gasteiger partial charge >= 0.3 is 0 Å². The summed E-state index contributed by atoms with van der Waals surface area (Å²) in [7, 11) is 3.10. The highest BCUT2D eigenvalue weighted by atomic mass is 16.5. The monoisotopic (exact) mass is 320 g/mol. The molecule has 0 heterocycles. The van der Waals surface area contributed by atoms with Gasteiger partial charge in [-0.3, -0.25) is 10.1 Å². The summed E-state index contributed by atoms with van der Waals surface area (Å²) in [6.07, 6.45) is 7.24. The number of hydrogen-bond donors (Lipinski definition) is 1. The van der Waals surface area contributed by atoms with Gasteiger partial charge < -0.3 is 9.47 Å². The molecule has 0 radical (unpaired) electrons. The number of nitrogens with zero attached hydrogens (tertiary/aromatic N) is 1. The molecule has 5 nitrogen and oxygen atoms in total. The summed E-state index contributed by atoms with van der Waals surface area (Å²) in [6.45, 7) is 2.87. The average molecular weight is 320 g/mol. The number of carbonyl (C=O) groups is 1. The fraction of sp³-hybridized carbons (Fsp3) is 0.556. The quantitative estimate of drug-likeness (QED) is 0.428. The minimum atomic E-state index is -0.240. The number of amides is 1. The van der Waals surface area contributed by atoms with Crippen LogP contribution in [0.3, 0.4) is 0 Å². The predicted molar refractivity (Wildman–Crippen MR) is 93.1 cm³/mol. The third-order valence-corrected chi connectivity index (χ3v) is 3.53. The molecule has 0 unspecified atom stereocenters. The topological polar surface area (TPSA) is 59.9 Å². The third-order valence-electron chi connectivity index (χ3n) is 3.53. The van der Waals surface area contributed by atoms with Crippen molar-refractivity contribution in [3.63, 3.8) is 0 Å². The maximum Gasteiger partial charge on any atom is 0.291 e. The average Bonchev–Trinajstić information content (AvgIpc) is 2.59. The van der Waals surface area contributed by atoms with Crippen LogP contribution in [0.4, 0.5) is 0 Å². The van der Waals surface area contributed by atoms with Gasteiger partial charge in [0.1, 0.15) is 5.75 Å². The third kappa shape index (κ3) is 7.68. The minimum absolute atomic E-state index is 0.240. The number of aliphatic imine (C=N–C) groups is 1. The van der Waals surface area contributed by atoms with E-state index in [4.69, 9.17) is 9.47 Å². The van der Waals surface area contributed by atoms with Gasteiger partial charge in [-0.1, -0.05) is 39.0 Å². The summed E-state index contributed by atoms with van der Waals surface area (Å²) >= 11 is 0. The van der Waals surface area contributed by atoms with E-state index < -0.39 is 0 Å². The Morgan fingerprint density at radius 3 is 2.30 bits per heavy atom. The van der Waals surface area contributed by atoms with Crippen LogP contribution in [-0.4, -0.2) is 32.7 Å². The van der Waals surface area contributed by atoms with Crippen molar-refractivity contribution in [2.75, 3.05) is 20.8 Å². The molecule has 1 aromatic carbocycles. The maximum absolute atomic E-state index is 12.1. The van der Waals surface area contributed by atoms with Crippen LogP contribution in [-0.2, 0) is 4.74 Å². The van der Waals surface area contributed by atoms with Crippen LogP contribution < -0.4 is 10.1 Å². The molecule has 0 saturated carbocycles. The lowest BCUT2D eigenvalue weighted by atomic mass is 10.1. The Kier molecular flexibility index (Phi) is 9.52. The van der Waals surface area contributed by atoms with Gasteiger partial charge in [-0.15, -0.1) is 0 Å². The summed E-state index contributed by atoms with van der Waals surface area (Å²) < 4.78 is 10.2. The number of amidine groups is 1. The van der Waals surface area contributed by atoms with E-state index in [9.17, 15) is 4.79 Å². The van der Waals surface area contributed by atoms with Crippen LogP contribution >= 0.6 is 0 Å². The Morgan fingerprint density at radius 1 is 1.04 bits per heavy atom. The second-order valence-electron chi connectivity index (χ2n) is 5.34. The first-order chi connectivity index (χ1) is 11.2. The van der Waals surface area contributed by atoms with Crippen molar-refractivity contribution in [3.05, 3.63) is 29.8 Å². The molecule has 0 aliphatic heterocycles. The Bertz CT molecular complexity index is 484. The van der Waals surface area contributed by atoms with E-state index in [2.05, 4.69) is 17.2 Å². The van der Waals surface area contributed by atoms with Crippen LogP contribution in [0.25, 0.3) is 0 Å². The molecule has 5 heteroatoms. The number of carbonyl (C=O) groups excluding carboxylic acids is 1. The summed E-state index contributed by atoms with van der Waals surface area (Å²) in [5.41, 5.74) is 0.537. The SMILES string of the molecule is CCCCCCCCN=C(NC(=O)c1ccc(OC)cc1)OC. The Labute approximate surface area is 139 Å². The van der Waals surface area contributed by atoms with Gasteiger partial charge in [0.05, 0.1) is 14.2 Å². The minimum Gasteiger partial charge on any atom is -0.497 e. The van der Waals surface area contributed by atoms with Crippen molar-refractivity contribution in [2.45, 2.75) is 45.4 Å². The molecular weight excluding hydrogens is 292 g/mol. The van der Waals surface area contributed by atoms with Crippen LogP contribution in [0.1, 0.15) is 55.8 Å². The van der Waals surface area contributed by atoms with Crippen molar-refractivity contribution in [3.8, 4) is 5.75 Å². The zero-order chi connectivity index (χ0) is 16.9. The maximum atomic E-state index is 12.1. The van der Waals surface area contributed by atoms with Crippen LogP contribution in [0.15, 0.2) is 29.3 Å². The lowest BCUT2D eigenvalue weighted by Gasteiger charge is -2.08. The van der Waals surface area contributed by atoms with Crippen molar-refractivity contribution in [2.24, 2.45) is 4.99 Å². The predicted octanol–water partition coefficient (Wildman–Crippen LogP) is 3.79. The molecule has 23 heavy (non-hydrogen) atoms. The molecule has 0 saturated heterocycles. The van der Waals surface area contributed by atoms with Gasteiger partial charge in [-0.2, -0.15) is 0 Å². The lowest BCUT2D eigenvalue weighted by molar-refractivity contribution is 0.0968. The van der Waals surface area contributed by atoms with E-state index in [0.29, 0.717) is 17.9 Å². The molecule has 0 aliphatic carbocycles. The van der Waals surface area contributed by atoms with E-state index in [-0.39, 0.29) is 11.9 Å². The molecule has 1 rings (SSSR count). The van der Waals surface area contributed by atoms with Crippen LogP contribution in [0.2, 0.25) is 0 Å². The second kappa shape index (κ2) is 11.5.